The summed E-state index contributed by atoms with van der Waals surface area (Å²) in [5, 5.41) is 10.4. The molecular weight excluding hydrogens is 464 g/mol. The monoisotopic (exact) mass is 506 g/mol. The van der Waals surface area contributed by atoms with Crippen LogP contribution in [0.3, 0.4) is 0 Å². The summed E-state index contributed by atoms with van der Waals surface area (Å²) in [5.41, 5.74) is 0. The van der Waals surface area contributed by atoms with Crippen molar-refractivity contribution in [1.29, 1.82) is 0 Å². The zero-order valence-corrected chi connectivity index (χ0v) is 22.5. The van der Waals surface area contributed by atoms with E-state index in [0.717, 1.165) is 25.7 Å². The van der Waals surface area contributed by atoms with Gasteiger partial charge < -0.3 is 19.6 Å². The van der Waals surface area contributed by atoms with E-state index < -0.39 is 28.7 Å². The number of amides is 2. The number of aliphatic hydroxyl groups excluding tert-OH is 1. The molecule has 2 bridgehead atoms. The summed E-state index contributed by atoms with van der Waals surface area (Å²) in [6, 6.07) is -1.22. The molecule has 0 aliphatic carbocycles. The number of thioether (sulfide) groups is 1. The van der Waals surface area contributed by atoms with Gasteiger partial charge in [0.15, 0.2) is 0 Å². The van der Waals surface area contributed by atoms with Crippen LogP contribution in [0.5, 0.6) is 0 Å². The van der Waals surface area contributed by atoms with Gasteiger partial charge in [-0.05, 0) is 24.7 Å². The van der Waals surface area contributed by atoms with Crippen LogP contribution in [0.25, 0.3) is 0 Å². The summed E-state index contributed by atoms with van der Waals surface area (Å²) in [7, 11) is 0. The summed E-state index contributed by atoms with van der Waals surface area (Å²) in [6.07, 6.45) is 6.56. The second kappa shape index (κ2) is 11.5. The highest BCUT2D eigenvalue weighted by Gasteiger charge is 2.77. The minimum Gasteiger partial charge on any atom is -0.461 e. The minimum absolute atomic E-state index is 0.00152. The smallest absolute Gasteiger partial charge is 0.311 e. The largest absolute Gasteiger partial charge is 0.461 e. The third-order valence-electron chi connectivity index (χ3n) is 8.32. The van der Waals surface area contributed by atoms with Crippen LogP contribution in [0, 0.1) is 23.7 Å². The molecule has 0 radical (unpaired) electrons. The Bertz CT molecular complexity index is 834. The van der Waals surface area contributed by atoms with Crippen molar-refractivity contribution >= 4 is 29.5 Å². The van der Waals surface area contributed by atoms with Gasteiger partial charge in [0.05, 0.1) is 29.2 Å². The van der Waals surface area contributed by atoms with Gasteiger partial charge in [-0.15, -0.1) is 18.3 Å². The van der Waals surface area contributed by atoms with Crippen LogP contribution in [0.1, 0.15) is 53.4 Å². The van der Waals surface area contributed by atoms with Crippen molar-refractivity contribution in [2.75, 3.05) is 26.3 Å². The lowest BCUT2D eigenvalue weighted by molar-refractivity contribution is -0.154. The van der Waals surface area contributed by atoms with Crippen molar-refractivity contribution in [3.63, 3.8) is 0 Å². The molecular formula is C27H42N2O5S. The molecule has 0 aromatic rings. The number of ether oxygens (including phenoxy) is 1. The summed E-state index contributed by atoms with van der Waals surface area (Å²) in [6.45, 7) is 16.5. The quantitative estimate of drug-likeness (QED) is 0.305. The molecule has 1 spiro atoms. The van der Waals surface area contributed by atoms with Gasteiger partial charge in [0.25, 0.3) is 0 Å². The number of nitrogens with zero attached hydrogens (tertiary/aromatic N) is 2. The average molecular weight is 507 g/mol. The zero-order chi connectivity index (χ0) is 25.9. The number of aliphatic hydroxyl groups is 1. The number of carbonyl (C=O) groups is 3. The van der Waals surface area contributed by atoms with E-state index in [0.29, 0.717) is 13.1 Å². The van der Waals surface area contributed by atoms with Gasteiger partial charge in [0.2, 0.25) is 11.8 Å². The summed E-state index contributed by atoms with van der Waals surface area (Å²) in [4.78, 5) is 45.2. The second-order valence-electron chi connectivity index (χ2n) is 10.3. The Balaban J connectivity index is 2.12. The Kier molecular flexibility index (Phi) is 9.13. The predicted octanol–water partition coefficient (Wildman–Crippen LogP) is 3.27. The lowest BCUT2D eigenvalue weighted by Gasteiger charge is -2.43. The van der Waals surface area contributed by atoms with Gasteiger partial charge in [-0.25, -0.2) is 0 Å². The van der Waals surface area contributed by atoms with Crippen LogP contribution in [0.2, 0.25) is 0 Å². The zero-order valence-electron chi connectivity index (χ0n) is 21.7. The topological polar surface area (TPSA) is 87.1 Å². The maximum atomic E-state index is 14.3. The molecule has 0 aromatic carbocycles. The first kappa shape index (κ1) is 27.8. The maximum absolute atomic E-state index is 14.3. The van der Waals surface area contributed by atoms with E-state index >= 15 is 0 Å². The molecule has 3 rings (SSSR count). The number of unbranched alkanes of at least 4 members (excludes halogenated alkanes) is 1. The molecule has 3 unspecified atom stereocenters. The van der Waals surface area contributed by atoms with Crippen LogP contribution < -0.4 is 0 Å². The third kappa shape index (κ3) is 4.57. The Morgan fingerprint density at radius 3 is 2.63 bits per heavy atom. The number of hydrogen-bond acceptors (Lipinski definition) is 6. The maximum Gasteiger partial charge on any atom is 0.311 e. The number of fused-ring (bicyclic) bond motifs is 1. The third-order valence-corrected chi connectivity index (χ3v) is 10.4. The summed E-state index contributed by atoms with van der Waals surface area (Å²) in [5.74, 6) is -1.84. The van der Waals surface area contributed by atoms with Gasteiger partial charge in [0, 0.05) is 18.3 Å². The average Bonchev–Trinajstić information content (AvgIpc) is 3.44. The number of hydrogen-bond donors (Lipinski definition) is 1. The normalized spacial score (nSPS) is 32.8. The fourth-order valence-corrected chi connectivity index (χ4v) is 8.78. The van der Waals surface area contributed by atoms with E-state index in [1.165, 1.54) is 6.08 Å². The molecule has 3 fully saturated rings. The van der Waals surface area contributed by atoms with Gasteiger partial charge in [-0.3, -0.25) is 14.4 Å². The minimum atomic E-state index is -0.731. The Morgan fingerprint density at radius 1 is 1.34 bits per heavy atom. The first-order chi connectivity index (χ1) is 16.7. The molecule has 0 saturated carbocycles. The highest BCUT2D eigenvalue weighted by molar-refractivity contribution is 8.02. The fraction of sp³-hybridized carbons (Fsp3) is 0.741. The van der Waals surface area contributed by atoms with Crippen molar-refractivity contribution in [3.8, 4) is 0 Å². The van der Waals surface area contributed by atoms with Crippen molar-refractivity contribution < 1.29 is 24.2 Å². The number of likely N-dealkylation sites (tertiary alicyclic amines) is 1. The second-order valence-corrected chi connectivity index (χ2v) is 11.8. The molecule has 3 aliphatic heterocycles. The molecule has 0 aromatic heterocycles. The van der Waals surface area contributed by atoms with Crippen molar-refractivity contribution in [2.45, 2.75) is 75.5 Å². The van der Waals surface area contributed by atoms with Gasteiger partial charge in [-0.1, -0.05) is 59.3 Å². The van der Waals surface area contributed by atoms with Gasteiger partial charge in [-0.2, -0.15) is 0 Å². The molecule has 3 aliphatic rings. The van der Waals surface area contributed by atoms with E-state index in [1.54, 1.807) is 27.6 Å². The van der Waals surface area contributed by atoms with Crippen LogP contribution in [0.4, 0.5) is 0 Å². The molecule has 1 N–H and O–H groups in total. The fourth-order valence-electron chi connectivity index (χ4n) is 6.39. The molecule has 8 heteroatoms. The number of rotatable bonds is 13. The highest BCUT2D eigenvalue weighted by atomic mass is 32.2. The molecule has 35 heavy (non-hydrogen) atoms. The lowest BCUT2D eigenvalue weighted by Crippen LogP contribution is -2.60. The summed E-state index contributed by atoms with van der Waals surface area (Å²) >= 11 is 1.63. The summed E-state index contributed by atoms with van der Waals surface area (Å²) < 4.78 is 4.72. The Hall–Kier alpha value is -1.80. The molecule has 3 saturated heterocycles. The molecule has 196 valence electrons. The number of carbonyl (C=O) groups excluding carboxylic acids is 3. The highest BCUT2D eigenvalue weighted by Crippen LogP contribution is 2.69. The predicted molar refractivity (Wildman–Crippen MR) is 139 cm³/mol. The van der Waals surface area contributed by atoms with E-state index in [9.17, 15) is 19.5 Å². The van der Waals surface area contributed by atoms with Gasteiger partial charge in [0.1, 0.15) is 12.6 Å². The van der Waals surface area contributed by atoms with Crippen molar-refractivity contribution in [1.82, 2.24) is 9.80 Å². The Morgan fingerprint density at radius 2 is 2.06 bits per heavy atom. The molecule has 2 amide bonds. The first-order valence-electron chi connectivity index (χ1n) is 13.0. The van der Waals surface area contributed by atoms with E-state index in [4.69, 9.17) is 4.74 Å². The molecule has 7 nitrogen and oxygen atoms in total. The number of esters is 1. The van der Waals surface area contributed by atoms with E-state index in [-0.39, 0.29) is 48.1 Å². The molecule has 8 atom stereocenters. The first-order valence-corrected chi connectivity index (χ1v) is 13.9. The van der Waals surface area contributed by atoms with Crippen molar-refractivity contribution in [2.24, 2.45) is 23.7 Å². The van der Waals surface area contributed by atoms with Crippen LogP contribution in [-0.4, -0.2) is 81.1 Å². The van der Waals surface area contributed by atoms with Crippen LogP contribution in [0.15, 0.2) is 25.3 Å². The standard InChI is InChI=1S/C27H42N2O5S/c1-7-11-13-28(12-8-2)25(32)23-27-18(6)15-20(35-27)21(26(33)34-14-9-3)22(27)24(31)29(23)19(16-30)17(5)10-4/h8-9,17-23,30H,2-3,7,10-16H2,1,4-6H3/t17-,18?,19-,20+,21-,22-,23?,27?/m0/s1. The van der Waals surface area contributed by atoms with E-state index in [1.807, 2.05) is 13.8 Å². The van der Waals surface area contributed by atoms with Gasteiger partial charge >= 0.3 is 5.97 Å². The van der Waals surface area contributed by atoms with Crippen LogP contribution >= 0.6 is 11.8 Å². The lowest BCUT2D eigenvalue weighted by atomic mass is 9.66. The SMILES string of the molecule is C=CCOC(=O)[C@@H]1[C@H]2C(=O)N([C@@H](CO)[C@@H](C)CC)C(C(=O)N(CC=C)CCCC)C23S[C@@H]1CC3C. The Labute approximate surface area is 214 Å². The van der Waals surface area contributed by atoms with Crippen molar-refractivity contribution in [3.05, 3.63) is 25.3 Å². The molecule has 3 heterocycles. The van der Waals surface area contributed by atoms with E-state index in [2.05, 4.69) is 27.0 Å². The van der Waals surface area contributed by atoms with Crippen LogP contribution in [-0.2, 0) is 19.1 Å².